The van der Waals surface area contributed by atoms with Gasteiger partial charge in [-0.25, -0.2) is 0 Å². The van der Waals surface area contributed by atoms with E-state index in [0.29, 0.717) is 5.88 Å². The van der Waals surface area contributed by atoms with Gasteiger partial charge in [0.15, 0.2) is 0 Å². The Hall–Kier alpha value is 0.250. The van der Waals surface area contributed by atoms with Crippen LogP contribution in [0.3, 0.4) is 0 Å². The van der Waals surface area contributed by atoms with Crippen molar-refractivity contribution in [1.82, 2.24) is 0 Å². The summed E-state index contributed by atoms with van der Waals surface area (Å²) < 4.78 is 4.88. The van der Waals surface area contributed by atoms with Gasteiger partial charge in [-0.15, -0.1) is 11.6 Å². The van der Waals surface area contributed by atoms with Crippen molar-refractivity contribution in [3.8, 4) is 0 Å². The zero-order valence-corrected chi connectivity index (χ0v) is 4.87. The smallest absolute Gasteiger partial charge is 0.0556 e. The van der Waals surface area contributed by atoms with Gasteiger partial charge in [-0.2, -0.15) is 0 Å². The molecule has 1 heterocycles. The van der Waals surface area contributed by atoms with Crippen LogP contribution in [0.25, 0.3) is 0 Å². The van der Waals surface area contributed by atoms with Crippen molar-refractivity contribution < 1.29 is 4.74 Å². The van der Waals surface area contributed by atoms with E-state index in [4.69, 9.17) is 16.3 Å². The summed E-state index contributed by atoms with van der Waals surface area (Å²) >= 11 is 5.50. The van der Waals surface area contributed by atoms with Gasteiger partial charge >= 0.3 is 0 Å². The van der Waals surface area contributed by atoms with Crippen LogP contribution >= 0.6 is 11.6 Å². The Bertz CT molecular complexity index is 63.0. The monoisotopic (exact) mass is 119 g/mol. The number of ether oxygens (including phenoxy) is 1. The van der Waals surface area contributed by atoms with Crippen LogP contribution in [0, 0.1) is 12.3 Å². The van der Waals surface area contributed by atoms with Crippen molar-refractivity contribution in [3.05, 3.63) is 6.92 Å². The molecule has 0 aromatic carbocycles. The third kappa shape index (κ3) is 0.892. The first kappa shape index (κ1) is 5.39. The van der Waals surface area contributed by atoms with Crippen LogP contribution in [-0.4, -0.2) is 19.1 Å². The minimum absolute atomic E-state index is 0.0571. The van der Waals surface area contributed by atoms with Crippen molar-refractivity contribution in [2.24, 2.45) is 5.41 Å². The van der Waals surface area contributed by atoms with Gasteiger partial charge in [-0.3, -0.25) is 0 Å². The molecule has 0 N–H and O–H groups in total. The molecule has 1 aliphatic rings. The standard InChI is InChI=1S/C5H8ClO/c1-5(2-6)3-7-4-5/h1-4H2. The topological polar surface area (TPSA) is 9.23 Å². The van der Waals surface area contributed by atoms with E-state index in [1.54, 1.807) is 0 Å². The van der Waals surface area contributed by atoms with Crippen LogP contribution in [0.4, 0.5) is 0 Å². The second-order valence-corrected chi connectivity index (χ2v) is 2.39. The Morgan fingerprint density at radius 1 is 1.71 bits per heavy atom. The van der Waals surface area contributed by atoms with Crippen molar-refractivity contribution in [3.63, 3.8) is 0 Å². The maximum Gasteiger partial charge on any atom is 0.0556 e. The predicted octanol–water partition coefficient (Wildman–Crippen LogP) is 1.08. The molecule has 0 spiro atoms. The molecular formula is C5H8ClO. The molecule has 0 saturated carbocycles. The fourth-order valence-corrected chi connectivity index (χ4v) is 0.622. The van der Waals surface area contributed by atoms with E-state index in [9.17, 15) is 0 Å². The first-order chi connectivity index (χ1) is 3.27. The zero-order chi connectivity index (χ0) is 5.33. The Morgan fingerprint density at radius 2 is 2.29 bits per heavy atom. The second-order valence-electron chi connectivity index (χ2n) is 2.13. The summed E-state index contributed by atoms with van der Waals surface area (Å²) in [5, 5.41) is 0. The van der Waals surface area contributed by atoms with Crippen molar-refractivity contribution in [2.45, 2.75) is 0 Å². The lowest BCUT2D eigenvalue weighted by Crippen LogP contribution is -2.41. The molecule has 2 heteroatoms. The summed E-state index contributed by atoms with van der Waals surface area (Å²) in [5.74, 6) is 0.618. The minimum Gasteiger partial charge on any atom is -0.380 e. The zero-order valence-electron chi connectivity index (χ0n) is 4.11. The van der Waals surface area contributed by atoms with E-state index in [-0.39, 0.29) is 5.41 Å². The van der Waals surface area contributed by atoms with E-state index >= 15 is 0 Å². The summed E-state index contributed by atoms with van der Waals surface area (Å²) in [5.41, 5.74) is 0.0571. The van der Waals surface area contributed by atoms with E-state index in [1.165, 1.54) is 0 Å². The fraction of sp³-hybridized carbons (Fsp3) is 0.800. The maximum atomic E-state index is 5.50. The van der Waals surface area contributed by atoms with Gasteiger partial charge in [0.2, 0.25) is 0 Å². The number of alkyl halides is 1. The Labute approximate surface area is 48.6 Å². The highest BCUT2D eigenvalue weighted by atomic mass is 35.5. The van der Waals surface area contributed by atoms with Gasteiger partial charge < -0.3 is 4.74 Å². The van der Waals surface area contributed by atoms with E-state index in [1.807, 2.05) is 0 Å². The van der Waals surface area contributed by atoms with Gasteiger partial charge in [-0.05, 0) is 6.92 Å². The van der Waals surface area contributed by atoms with Crippen LogP contribution in [-0.2, 0) is 4.74 Å². The Balaban J connectivity index is 2.29. The molecule has 1 aliphatic heterocycles. The van der Waals surface area contributed by atoms with Crippen LogP contribution in [0.15, 0.2) is 0 Å². The highest BCUT2D eigenvalue weighted by Crippen LogP contribution is 2.26. The first-order valence-corrected chi connectivity index (χ1v) is 2.79. The second kappa shape index (κ2) is 1.64. The summed E-state index contributed by atoms with van der Waals surface area (Å²) in [6, 6.07) is 0. The SMILES string of the molecule is [CH2]C1(CCl)COC1. The number of hydrogen-bond donors (Lipinski definition) is 0. The van der Waals surface area contributed by atoms with E-state index < -0.39 is 0 Å². The van der Waals surface area contributed by atoms with E-state index in [2.05, 4.69) is 6.92 Å². The number of hydrogen-bond acceptors (Lipinski definition) is 1. The fourth-order valence-electron chi connectivity index (χ4n) is 0.468. The van der Waals surface area contributed by atoms with Crippen LogP contribution < -0.4 is 0 Å². The molecule has 0 aromatic heterocycles. The van der Waals surface area contributed by atoms with Gasteiger partial charge in [0, 0.05) is 11.3 Å². The minimum atomic E-state index is 0.0571. The first-order valence-electron chi connectivity index (χ1n) is 2.26. The molecule has 1 radical (unpaired) electrons. The molecule has 0 aliphatic carbocycles. The van der Waals surface area contributed by atoms with Gasteiger partial charge in [0.25, 0.3) is 0 Å². The summed E-state index contributed by atoms with van der Waals surface area (Å²) in [7, 11) is 0. The average molecular weight is 120 g/mol. The lowest BCUT2D eigenvalue weighted by atomic mass is 9.92. The van der Waals surface area contributed by atoms with E-state index in [0.717, 1.165) is 13.2 Å². The molecule has 1 nitrogen and oxygen atoms in total. The summed E-state index contributed by atoms with van der Waals surface area (Å²) in [4.78, 5) is 0. The molecule has 0 amide bonds. The number of halogens is 1. The molecule has 41 valence electrons. The van der Waals surface area contributed by atoms with Crippen LogP contribution in [0.2, 0.25) is 0 Å². The number of rotatable bonds is 1. The Kier molecular flexibility index (Phi) is 1.26. The third-order valence-electron chi connectivity index (χ3n) is 1.10. The Morgan fingerprint density at radius 3 is 2.29 bits per heavy atom. The molecule has 0 aromatic rings. The normalized spacial score (nSPS) is 26.6. The van der Waals surface area contributed by atoms with Crippen LogP contribution in [0.5, 0.6) is 0 Å². The maximum absolute atomic E-state index is 5.50. The van der Waals surface area contributed by atoms with Crippen molar-refractivity contribution in [1.29, 1.82) is 0 Å². The molecule has 1 saturated heterocycles. The lowest BCUT2D eigenvalue weighted by molar-refractivity contribution is -0.0705. The van der Waals surface area contributed by atoms with Gasteiger partial charge in [-0.1, -0.05) is 0 Å². The summed E-state index contributed by atoms with van der Waals surface area (Å²) in [6.07, 6.45) is 0. The van der Waals surface area contributed by atoms with Crippen molar-refractivity contribution >= 4 is 11.6 Å². The average Bonchev–Trinajstić information content (AvgIpc) is 1.61. The predicted molar refractivity (Wildman–Crippen MR) is 29.3 cm³/mol. The molecule has 0 atom stereocenters. The van der Waals surface area contributed by atoms with Gasteiger partial charge in [0.05, 0.1) is 13.2 Å². The summed E-state index contributed by atoms with van der Waals surface area (Å²) in [6.45, 7) is 5.30. The molecule has 7 heavy (non-hydrogen) atoms. The highest BCUT2D eigenvalue weighted by molar-refractivity contribution is 6.18. The quantitative estimate of drug-likeness (QED) is 0.470. The highest BCUT2D eigenvalue weighted by Gasteiger charge is 2.31. The molecule has 0 unspecified atom stereocenters. The largest absolute Gasteiger partial charge is 0.380 e. The molecular weight excluding hydrogens is 112 g/mol. The van der Waals surface area contributed by atoms with Gasteiger partial charge in [0.1, 0.15) is 0 Å². The van der Waals surface area contributed by atoms with Crippen molar-refractivity contribution in [2.75, 3.05) is 19.1 Å². The molecule has 1 fully saturated rings. The molecule has 1 rings (SSSR count). The van der Waals surface area contributed by atoms with Crippen LogP contribution in [0.1, 0.15) is 0 Å². The lowest BCUT2D eigenvalue weighted by Gasteiger charge is -2.35. The third-order valence-corrected chi connectivity index (χ3v) is 1.67. The molecule has 0 bridgehead atoms.